The molecule has 0 atom stereocenters. The van der Waals surface area contributed by atoms with Crippen LogP contribution in [0.1, 0.15) is 0 Å². The average Bonchev–Trinajstić information content (AvgIpc) is 3.73. The van der Waals surface area contributed by atoms with E-state index < -0.39 is 0 Å². The van der Waals surface area contributed by atoms with Crippen molar-refractivity contribution in [2.75, 3.05) is 4.90 Å². The molecule has 0 aliphatic carbocycles. The lowest BCUT2D eigenvalue weighted by atomic mass is 9.99. The Kier molecular flexibility index (Phi) is 6.61. The average molecular weight is 660 g/mol. The molecule has 0 spiro atoms. The van der Waals surface area contributed by atoms with E-state index >= 15 is 0 Å². The van der Waals surface area contributed by atoms with Crippen LogP contribution in [-0.4, -0.2) is 0 Å². The molecule has 0 saturated heterocycles. The molecule has 230 valence electrons. The maximum absolute atomic E-state index is 2.36. The third-order valence-electron chi connectivity index (χ3n) is 9.65. The second-order valence-corrected chi connectivity index (χ2v) is 14.7. The number of hydrogen-bond donors (Lipinski definition) is 0. The van der Waals surface area contributed by atoms with Gasteiger partial charge in [0.2, 0.25) is 0 Å². The third-order valence-corrected chi connectivity index (χ3v) is 12.0. The highest BCUT2D eigenvalue weighted by molar-refractivity contribution is 7.26. The van der Waals surface area contributed by atoms with Crippen LogP contribution in [-0.2, 0) is 0 Å². The molecule has 2 heterocycles. The second kappa shape index (κ2) is 11.5. The summed E-state index contributed by atoms with van der Waals surface area (Å²) < 4.78 is 5.36. The van der Waals surface area contributed by atoms with Crippen molar-refractivity contribution in [3.63, 3.8) is 0 Å². The van der Waals surface area contributed by atoms with E-state index in [1.807, 2.05) is 22.7 Å². The lowest BCUT2D eigenvalue weighted by Gasteiger charge is -2.26. The molecular weight excluding hydrogens is 631 g/mol. The maximum atomic E-state index is 2.36. The predicted molar refractivity (Wildman–Crippen MR) is 215 cm³/mol. The van der Waals surface area contributed by atoms with Crippen LogP contribution in [0.25, 0.3) is 73.4 Å². The molecule has 0 amide bonds. The maximum Gasteiger partial charge on any atom is 0.0462 e. The first-order chi connectivity index (χ1) is 24.3. The van der Waals surface area contributed by atoms with Gasteiger partial charge in [-0.25, -0.2) is 0 Å². The molecule has 0 fully saturated rings. The Balaban J connectivity index is 1.01. The topological polar surface area (TPSA) is 3.24 Å². The normalized spacial score (nSPS) is 11.7. The van der Waals surface area contributed by atoms with Crippen LogP contribution in [0.15, 0.2) is 176 Å². The zero-order valence-corrected chi connectivity index (χ0v) is 28.1. The van der Waals surface area contributed by atoms with Crippen LogP contribution in [0.3, 0.4) is 0 Å². The fourth-order valence-corrected chi connectivity index (χ4v) is 9.61. The van der Waals surface area contributed by atoms with Gasteiger partial charge in [0.05, 0.1) is 0 Å². The number of para-hydroxylation sites is 1. The molecule has 0 radical (unpaired) electrons. The fourth-order valence-electron chi connectivity index (χ4n) is 7.24. The van der Waals surface area contributed by atoms with E-state index in [0.29, 0.717) is 0 Å². The van der Waals surface area contributed by atoms with Crippen molar-refractivity contribution in [3.05, 3.63) is 176 Å². The van der Waals surface area contributed by atoms with Crippen molar-refractivity contribution in [2.45, 2.75) is 0 Å². The van der Waals surface area contributed by atoms with Crippen LogP contribution in [0.4, 0.5) is 17.1 Å². The Morgan fingerprint density at radius 2 is 0.918 bits per heavy atom. The monoisotopic (exact) mass is 659 g/mol. The Hall–Kier alpha value is -5.74. The van der Waals surface area contributed by atoms with E-state index in [2.05, 4.69) is 181 Å². The standard InChI is InChI=1S/C46H29NS2/c1-2-9-35(10-3-1)47(37-25-21-31(22-26-37)38-13-8-14-41-39-11-4-7-16-44(39)49-46(38)41)36-23-19-30(20-24-36)32-17-18-33-29-45-42(28-34(33)27-32)40-12-5-6-15-43(40)48-45/h1-29H. The summed E-state index contributed by atoms with van der Waals surface area (Å²) in [5, 5.41) is 7.89. The Bertz CT molecular complexity index is 2810. The number of rotatable bonds is 5. The second-order valence-electron chi connectivity index (χ2n) is 12.6. The van der Waals surface area contributed by atoms with E-state index in [9.17, 15) is 0 Å². The molecule has 8 aromatic carbocycles. The Morgan fingerprint density at radius 3 is 1.67 bits per heavy atom. The number of hydrogen-bond acceptors (Lipinski definition) is 3. The summed E-state index contributed by atoms with van der Waals surface area (Å²) in [5.74, 6) is 0. The van der Waals surface area contributed by atoms with Gasteiger partial charge in [0.25, 0.3) is 0 Å². The lowest BCUT2D eigenvalue weighted by molar-refractivity contribution is 1.28. The van der Waals surface area contributed by atoms with Gasteiger partial charge in [0.1, 0.15) is 0 Å². The third kappa shape index (κ3) is 4.82. The minimum absolute atomic E-state index is 1.13. The zero-order valence-electron chi connectivity index (χ0n) is 26.5. The number of fused-ring (bicyclic) bond motifs is 7. The Labute approximate surface area is 292 Å². The molecule has 10 aromatic rings. The van der Waals surface area contributed by atoms with Gasteiger partial charge in [-0.2, -0.15) is 0 Å². The SMILES string of the molecule is c1ccc(N(c2ccc(-c3ccc4cc5sc6ccccc6c5cc4c3)cc2)c2ccc(-c3cccc4c3sc3ccccc34)cc2)cc1. The summed E-state index contributed by atoms with van der Waals surface area (Å²) in [5.41, 5.74) is 8.33. The molecule has 0 aliphatic rings. The van der Waals surface area contributed by atoms with Gasteiger partial charge in [-0.3, -0.25) is 0 Å². The first-order valence-electron chi connectivity index (χ1n) is 16.6. The number of nitrogens with zero attached hydrogens (tertiary/aromatic N) is 1. The summed E-state index contributed by atoms with van der Waals surface area (Å²) in [4.78, 5) is 2.34. The van der Waals surface area contributed by atoms with Gasteiger partial charge < -0.3 is 4.90 Å². The minimum Gasteiger partial charge on any atom is -0.311 e. The van der Waals surface area contributed by atoms with Gasteiger partial charge in [-0.05, 0) is 99.8 Å². The molecule has 0 unspecified atom stereocenters. The first-order valence-corrected chi connectivity index (χ1v) is 18.2. The van der Waals surface area contributed by atoms with Crippen molar-refractivity contribution >= 4 is 90.9 Å². The highest BCUT2D eigenvalue weighted by atomic mass is 32.1. The van der Waals surface area contributed by atoms with E-state index in [4.69, 9.17) is 0 Å². The fraction of sp³-hybridized carbons (Fsp3) is 0. The molecule has 10 rings (SSSR count). The van der Waals surface area contributed by atoms with Crippen molar-refractivity contribution in [1.82, 2.24) is 0 Å². The first kappa shape index (κ1) is 28.3. The lowest BCUT2D eigenvalue weighted by Crippen LogP contribution is -2.09. The van der Waals surface area contributed by atoms with Gasteiger partial charge in [0, 0.05) is 57.4 Å². The number of benzene rings is 8. The highest BCUT2D eigenvalue weighted by Crippen LogP contribution is 2.42. The molecule has 0 N–H and O–H groups in total. The summed E-state index contributed by atoms with van der Waals surface area (Å²) in [7, 11) is 0. The summed E-state index contributed by atoms with van der Waals surface area (Å²) in [6.45, 7) is 0. The largest absolute Gasteiger partial charge is 0.311 e. The van der Waals surface area contributed by atoms with Crippen molar-refractivity contribution < 1.29 is 0 Å². The van der Waals surface area contributed by atoms with Crippen LogP contribution in [0.2, 0.25) is 0 Å². The van der Waals surface area contributed by atoms with Gasteiger partial charge in [-0.1, -0.05) is 109 Å². The van der Waals surface area contributed by atoms with Gasteiger partial charge in [0.15, 0.2) is 0 Å². The predicted octanol–water partition coefficient (Wildman–Crippen LogP) is 14.4. The summed E-state index contributed by atoms with van der Waals surface area (Å²) in [6, 6.07) is 64.3. The van der Waals surface area contributed by atoms with Gasteiger partial charge in [-0.15, -0.1) is 22.7 Å². The van der Waals surface area contributed by atoms with Crippen LogP contribution < -0.4 is 4.90 Å². The molecule has 49 heavy (non-hydrogen) atoms. The molecule has 0 bridgehead atoms. The smallest absolute Gasteiger partial charge is 0.0462 e. The zero-order chi connectivity index (χ0) is 32.3. The van der Waals surface area contributed by atoms with Gasteiger partial charge >= 0.3 is 0 Å². The number of anilines is 3. The van der Waals surface area contributed by atoms with Crippen molar-refractivity contribution in [1.29, 1.82) is 0 Å². The van der Waals surface area contributed by atoms with E-state index in [0.717, 1.165) is 17.1 Å². The molecule has 2 aromatic heterocycles. The minimum atomic E-state index is 1.13. The van der Waals surface area contributed by atoms with Crippen LogP contribution >= 0.6 is 22.7 Å². The van der Waals surface area contributed by atoms with Crippen molar-refractivity contribution in [3.8, 4) is 22.3 Å². The summed E-state index contributed by atoms with van der Waals surface area (Å²) >= 11 is 3.75. The van der Waals surface area contributed by atoms with Crippen molar-refractivity contribution in [2.24, 2.45) is 0 Å². The molecule has 0 saturated carbocycles. The van der Waals surface area contributed by atoms with Crippen LogP contribution in [0.5, 0.6) is 0 Å². The molecular formula is C46H29NS2. The van der Waals surface area contributed by atoms with E-state index in [-0.39, 0.29) is 0 Å². The number of thiophene rings is 2. The quantitative estimate of drug-likeness (QED) is 0.178. The molecule has 3 heteroatoms. The highest BCUT2D eigenvalue weighted by Gasteiger charge is 2.15. The van der Waals surface area contributed by atoms with Crippen LogP contribution in [0, 0.1) is 0 Å². The Morgan fingerprint density at radius 1 is 0.327 bits per heavy atom. The summed E-state index contributed by atoms with van der Waals surface area (Å²) in [6.07, 6.45) is 0. The molecule has 1 nitrogen and oxygen atoms in total. The van der Waals surface area contributed by atoms with E-state index in [1.54, 1.807) is 0 Å². The molecule has 0 aliphatic heterocycles. The van der Waals surface area contributed by atoms with E-state index in [1.165, 1.54) is 73.4 Å².